The number of nitrogens with zero attached hydrogens (tertiary/aromatic N) is 9. The second-order valence-electron chi connectivity index (χ2n) is 6.22. The van der Waals surface area contributed by atoms with Crippen LogP contribution in [0, 0.1) is 0 Å². The van der Waals surface area contributed by atoms with Crippen molar-refractivity contribution in [3.63, 3.8) is 0 Å². The molecule has 6 aromatic heterocycles. The van der Waals surface area contributed by atoms with Gasteiger partial charge in [0.25, 0.3) is 0 Å². The van der Waals surface area contributed by atoms with Crippen molar-refractivity contribution in [1.82, 2.24) is 49.8 Å². The molecular formula is C19H10N10. The summed E-state index contributed by atoms with van der Waals surface area (Å²) in [6, 6.07) is 7.69. The predicted molar refractivity (Wildman–Crippen MR) is 104 cm³/mol. The highest BCUT2D eigenvalue weighted by Crippen LogP contribution is 2.21. The number of aromatic nitrogens is 10. The van der Waals surface area contributed by atoms with E-state index in [1.807, 2.05) is 24.3 Å². The van der Waals surface area contributed by atoms with Gasteiger partial charge in [-0.05, 0) is 24.3 Å². The van der Waals surface area contributed by atoms with Gasteiger partial charge in [0.2, 0.25) is 0 Å². The second-order valence-corrected chi connectivity index (χ2v) is 6.22. The van der Waals surface area contributed by atoms with E-state index in [-0.39, 0.29) is 0 Å². The maximum atomic E-state index is 4.56. The molecular weight excluding hydrogens is 368 g/mol. The maximum Gasteiger partial charge on any atom is 0.199 e. The number of aromatic amines is 1. The summed E-state index contributed by atoms with van der Waals surface area (Å²) < 4.78 is 0. The molecule has 0 atom stereocenters. The van der Waals surface area contributed by atoms with Crippen LogP contribution >= 0.6 is 0 Å². The van der Waals surface area contributed by atoms with E-state index in [0.717, 1.165) is 5.39 Å². The first kappa shape index (κ1) is 15.6. The number of imidazole rings is 1. The highest BCUT2D eigenvalue weighted by atomic mass is 15.1. The molecule has 136 valence electrons. The lowest BCUT2D eigenvalue weighted by molar-refractivity contribution is 1.09. The first-order chi connectivity index (χ1) is 14.3. The van der Waals surface area contributed by atoms with E-state index < -0.39 is 0 Å². The molecule has 0 unspecified atom stereocenters. The Hall–Kier alpha value is -4.47. The zero-order valence-electron chi connectivity index (χ0n) is 14.7. The van der Waals surface area contributed by atoms with Crippen LogP contribution in [0.5, 0.6) is 0 Å². The molecule has 0 amide bonds. The van der Waals surface area contributed by atoms with Crippen molar-refractivity contribution in [1.29, 1.82) is 0 Å². The molecule has 10 heteroatoms. The minimum Gasteiger partial charge on any atom is -0.334 e. The van der Waals surface area contributed by atoms with Crippen molar-refractivity contribution in [2.75, 3.05) is 0 Å². The second kappa shape index (κ2) is 6.02. The van der Waals surface area contributed by atoms with Gasteiger partial charge in [0.1, 0.15) is 16.7 Å². The Bertz CT molecular complexity index is 1450. The van der Waals surface area contributed by atoms with E-state index in [2.05, 4.69) is 49.8 Å². The first-order valence-electron chi connectivity index (χ1n) is 8.72. The molecule has 1 N–H and O–H groups in total. The highest BCUT2D eigenvalue weighted by molar-refractivity contribution is 5.80. The van der Waals surface area contributed by atoms with E-state index in [1.165, 1.54) is 0 Å². The van der Waals surface area contributed by atoms with Gasteiger partial charge in [-0.1, -0.05) is 0 Å². The van der Waals surface area contributed by atoms with E-state index in [1.54, 1.807) is 31.0 Å². The van der Waals surface area contributed by atoms with Crippen LogP contribution in [0.1, 0.15) is 0 Å². The van der Waals surface area contributed by atoms with Crippen LogP contribution in [-0.4, -0.2) is 49.8 Å². The van der Waals surface area contributed by atoms with Gasteiger partial charge in [0.05, 0.1) is 12.4 Å². The summed E-state index contributed by atoms with van der Waals surface area (Å²) in [4.78, 5) is 42.5. The molecule has 0 radical (unpaired) electrons. The molecule has 0 aliphatic heterocycles. The molecule has 29 heavy (non-hydrogen) atoms. The third-order valence-electron chi connectivity index (χ3n) is 4.37. The zero-order chi connectivity index (χ0) is 19.2. The standard InChI is InChI=1S/C19H10N10/c1-2-10-3-4-11(25-14(10)21-5-1)16-26-13-9-24-19(29-17(13)28-16)18-23-8-12-15(27-18)22-7-6-20-12/h1-9H,(H,24,26,28,29). The third kappa shape index (κ3) is 2.62. The van der Waals surface area contributed by atoms with Crippen molar-refractivity contribution in [3.8, 4) is 23.2 Å². The average molecular weight is 378 g/mol. The summed E-state index contributed by atoms with van der Waals surface area (Å²) in [6.07, 6.45) is 8.13. The van der Waals surface area contributed by atoms with Gasteiger partial charge in [-0.3, -0.25) is 0 Å². The molecule has 6 aromatic rings. The predicted octanol–water partition coefficient (Wildman–Crippen LogP) is 2.36. The fourth-order valence-corrected chi connectivity index (χ4v) is 3.00. The quantitative estimate of drug-likeness (QED) is 0.482. The van der Waals surface area contributed by atoms with E-state index >= 15 is 0 Å². The minimum absolute atomic E-state index is 0.358. The van der Waals surface area contributed by atoms with Gasteiger partial charge in [-0.2, -0.15) is 0 Å². The fourth-order valence-electron chi connectivity index (χ4n) is 3.00. The Balaban J connectivity index is 1.44. The average Bonchev–Trinajstić information content (AvgIpc) is 3.22. The Morgan fingerprint density at radius 3 is 2.41 bits per heavy atom. The topological polar surface area (TPSA) is 132 Å². The number of rotatable bonds is 2. The van der Waals surface area contributed by atoms with Gasteiger partial charge in [-0.25, -0.2) is 44.9 Å². The normalized spacial score (nSPS) is 11.4. The molecule has 0 saturated carbocycles. The summed E-state index contributed by atoms with van der Waals surface area (Å²) in [5, 5.41) is 0.964. The SMILES string of the molecule is c1cnc2nc(-c3nc4nc(-c5ncc6nccnc6n5)ncc4[nH]3)ccc2c1. The van der Waals surface area contributed by atoms with Gasteiger partial charge < -0.3 is 4.98 Å². The summed E-state index contributed by atoms with van der Waals surface area (Å²) >= 11 is 0. The summed E-state index contributed by atoms with van der Waals surface area (Å²) in [5.74, 6) is 1.30. The largest absolute Gasteiger partial charge is 0.334 e. The Kier molecular flexibility index (Phi) is 3.23. The van der Waals surface area contributed by atoms with Crippen molar-refractivity contribution in [2.24, 2.45) is 0 Å². The van der Waals surface area contributed by atoms with Gasteiger partial charge in [-0.15, -0.1) is 0 Å². The number of pyridine rings is 2. The highest BCUT2D eigenvalue weighted by Gasteiger charge is 2.13. The number of hydrogen-bond acceptors (Lipinski definition) is 9. The van der Waals surface area contributed by atoms with E-state index in [9.17, 15) is 0 Å². The molecule has 0 spiro atoms. The zero-order valence-corrected chi connectivity index (χ0v) is 14.7. The Labute approximate surface area is 162 Å². The number of hydrogen-bond donors (Lipinski definition) is 1. The minimum atomic E-state index is 0.358. The molecule has 0 aromatic carbocycles. The van der Waals surface area contributed by atoms with Crippen LogP contribution in [0.25, 0.3) is 56.5 Å². The van der Waals surface area contributed by atoms with Crippen molar-refractivity contribution in [3.05, 3.63) is 55.2 Å². The lowest BCUT2D eigenvalue weighted by Crippen LogP contribution is -1.97. The first-order valence-corrected chi connectivity index (χ1v) is 8.72. The number of fused-ring (bicyclic) bond motifs is 3. The smallest absolute Gasteiger partial charge is 0.199 e. The van der Waals surface area contributed by atoms with Crippen LogP contribution in [0.3, 0.4) is 0 Å². The third-order valence-corrected chi connectivity index (χ3v) is 4.37. The van der Waals surface area contributed by atoms with Crippen LogP contribution in [0.4, 0.5) is 0 Å². The summed E-state index contributed by atoms with van der Waals surface area (Å²) in [7, 11) is 0. The lowest BCUT2D eigenvalue weighted by Gasteiger charge is -1.99. The van der Waals surface area contributed by atoms with Gasteiger partial charge >= 0.3 is 0 Å². The molecule has 0 fully saturated rings. The van der Waals surface area contributed by atoms with E-state index in [0.29, 0.717) is 51.1 Å². The summed E-state index contributed by atoms with van der Waals surface area (Å²) in [5.41, 5.74) is 3.60. The molecule has 6 heterocycles. The maximum absolute atomic E-state index is 4.56. The van der Waals surface area contributed by atoms with Crippen LogP contribution < -0.4 is 0 Å². The molecule has 10 nitrogen and oxygen atoms in total. The van der Waals surface area contributed by atoms with Gasteiger partial charge in [0, 0.05) is 24.0 Å². The van der Waals surface area contributed by atoms with Crippen LogP contribution in [0.2, 0.25) is 0 Å². The monoisotopic (exact) mass is 378 g/mol. The molecule has 0 aliphatic rings. The molecule has 0 bridgehead atoms. The number of nitrogens with one attached hydrogen (secondary N) is 1. The fraction of sp³-hybridized carbons (Fsp3) is 0. The lowest BCUT2D eigenvalue weighted by atomic mass is 10.2. The Morgan fingerprint density at radius 2 is 1.45 bits per heavy atom. The van der Waals surface area contributed by atoms with Gasteiger partial charge in [0.15, 0.2) is 34.4 Å². The molecule has 0 saturated heterocycles. The van der Waals surface area contributed by atoms with Crippen LogP contribution in [-0.2, 0) is 0 Å². The number of H-pyrrole nitrogens is 1. The van der Waals surface area contributed by atoms with Crippen molar-refractivity contribution < 1.29 is 0 Å². The van der Waals surface area contributed by atoms with E-state index in [4.69, 9.17) is 0 Å². The van der Waals surface area contributed by atoms with Crippen molar-refractivity contribution in [2.45, 2.75) is 0 Å². The van der Waals surface area contributed by atoms with Crippen molar-refractivity contribution >= 4 is 33.4 Å². The molecule has 0 aliphatic carbocycles. The Morgan fingerprint density at radius 1 is 0.621 bits per heavy atom. The summed E-state index contributed by atoms with van der Waals surface area (Å²) in [6.45, 7) is 0. The molecule has 6 rings (SSSR count). The van der Waals surface area contributed by atoms with Crippen LogP contribution in [0.15, 0.2) is 55.2 Å².